The van der Waals surface area contributed by atoms with Crippen LogP contribution < -0.4 is 5.32 Å². The van der Waals surface area contributed by atoms with Gasteiger partial charge in [-0.2, -0.15) is 0 Å². The second-order valence-corrected chi connectivity index (χ2v) is 5.08. The van der Waals surface area contributed by atoms with E-state index < -0.39 is 0 Å². The molecule has 0 amide bonds. The molecule has 1 fully saturated rings. The fourth-order valence-corrected chi connectivity index (χ4v) is 2.64. The molecule has 0 radical (unpaired) electrons. The summed E-state index contributed by atoms with van der Waals surface area (Å²) in [5.41, 5.74) is 1.40. The summed E-state index contributed by atoms with van der Waals surface area (Å²) in [7, 11) is 0. The molecule has 0 aliphatic carbocycles. The molecule has 0 saturated carbocycles. The van der Waals surface area contributed by atoms with Crippen molar-refractivity contribution in [3.8, 4) is 0 Å². The molecule has 19 heavy (non-hydrogen) atoms. The van der Waals surface area contributed by atoms with Crippen molar-refractivity contribution in [2.24, 2.45) is 0 Å². The van der Waals surface area contributed by atoms with Crippen molar-refractivity contribution in [2.45, 2.75) is 25.8 Å². The minimum Gasteiger partial charge on any atom is -0.314 e. The maximum atomic E-state index is 5.96. The van der Waals surface area contributed by atoms with E-state index in [1.165, 1.54) is 18.4 Å². The largest absolute Gasteiger partial charge is 0.314 e. The van der Waals surface area contributed by atoms with Crippen molar-refractivity contribution in [3.63, 3.8) is 0 Å². The Bertz CT molecular complexity index is 337. The molecule has 1 heterocycles. The van der Waals surface area contributed by atoms with Gasteiger partial charge in [0.2, 0.25) is 0 Å². The normalized spacial score (nSPS) is 17.2. The van der Waals surface area contributed by atoms with E-state index >= 15 is 0 Å². The standard InChI is InChI=1S/C14H21ClN2.2ClH/c1-2-3-14(17-10-8-16-9-11-17)12-4-6-13(15)7-5-12;;/h4-7,14,16H,2-3,8-11H2,1H3;2*1H/t14-;;/m0../s1. The van der Waals surface area contributed by atoms with Gasteiger partial charge in [0, 0.05) is 37.2 Å². The Morgan fingerprint density at radius 2 is 1.74 bits per heavy atom. The Labute approximate surface area is 133 Å². The molecule has 2 nitrogen and oxygen atoms in total. The second kappa shape index (κ2) is 9.84. The molecule has 1 saturated heterocycles. The molecule has 1 N–H and O–H groups in total. The highest BCUT2D eigenvalue weighted by atomic mass is 35.5. The van der Waals surface area contributed by atoms with Crippen molar-refractivity contribution >= 4 is 36.4 Å². The van der Waals surface area contributed by atoms with E-state index in [1.807, 2.05) is 12.1 Å². The second-order valence-electron chi connectivity index (χ2n) is 4.64. The number of piperazine rings is 1. The zero-order valence-corrected chi connectivity index (χ0v) is 13.7. The van der Waals surface area contributed by atoms with Crippen LogP contribution >= 0.6 is 36.4 Å². The van der Waals surface area contributed by atoms with Crippen LogP contribution in [0.15, 0.2) is 24.3 Å². The highest BCUT2D eigenvalue weighted by molar-refractivity contribution is 6.30. The molecule has 1 aromatic carbocycles. The quantitative estimate of drug-likeness (QED) is 0.902. The predicted molar refractivity (Wildman–Crippen MR) is 88.0 cm³/mol. The zero-order chi connectivity index (χ0) is 12.1. The molecule has 0 bridgehead atoms. The van der Waals surface area contributed by atoms with Crippen molar-refractivity contribution in [2.75, 3.05) is 26.2 Å². The van der Waals surface area contributed by atoms with E-state index in [-0.39, 0.29) is 24.8 Å². The van der Waals surface area contributed by atoms with Crippen LogP contribution in [0.25, 0.3) is 0 Å². The van der Waals surface area contributed by atoms with Gasteiger partial charge in [0.15, 0.2) is 0 Å². The van der Waals surface area contributed by atoms with Crippen LogP contribution in [0.2, 0.25) is 5.02 Å². The lowest BCUT2D eigenvalue weighted by atomic mass is 10.00. The molecule has 0 unspecified atom stereocenters. The number of nitrogens with one attached hydrogen (secondary N) is 1. The number of hydrogen-bond acceptors (Lipinski definition) is 2. The predicted octanol–water partition coefficient (Wildman–Crippen LogP) is 3.93. The molecule has 0 spiro atoms. The van der Waals surface area contributed by atoms with Crippen LogP contribution in [-0.4, -0.2) is 31.1 Å². The average Bonchev–Trinajstić information content (AvgIpc) is 2.38. The molecular formula is C14H23Cl3N2. The Hall–Kier alpha value is 0.01000. The van der Waals surface area contributed by atoms with E-state index in [0.29, 0.717) is 6.04 Å². The van der Waals surface area contributed by atoms with Gasteiger partial charge in [0.05, 0.1) is 0 Å². The molecular weight excluding hydrogens is 303 g/mol. The first-order chi connectivity index (χ1) is 8.31. The summed E-state index contributed by atoms with van der Waals surface area (Å²) in [5.74, 6) is 0. The molecule has 1 aliphatic heterocycles. The first kappa shape index (κ1) is 19.0. The van der Waals surface area contributed by atoms with Gasteiger partial charge in [-0.05, 0) is 24.1 Å². The average molecular weight is 326 g/mol. The third kappa shape index (κ3) is 5.49. The fourth-order valence-electron chi connectivity index (χ4n) is 2.51. The number of nitrogens with zero attached hydrogens (tertiary/aromatic N) is 1. The van der Waals surface area contributed by atoms with Gasteiger partial charge < -0.3 is 5.32 Å². The Morgan fingerprint density at radius 1 is 1.16 bits per heavy atom. The van der Waals surface area contributed by atoms with E-state index in [0.717, 1.165) is 31.2 Å². The van der Waals surface area contributed by atoms with Gasteiger partial charge in [0.25, 0.3) is 0 Å². The molecule has 5 heteroatoms. The highest BCUT2D eigenvalue weighted by Gasteiger charge is 2.20. The summed E-state index contributed by atoms with van der Waals surface area (Å²) in [5, 5.41) is 4.23. The SMILES string of the molecule is CCC[C@@H](c1ccc(Cl)cc1)N1CCNCC1.Cl.Cl. The minimum absolute atomic E-state index is 0. The minimum atomic E-state index is 0. The van der Waals surface area contributed by atoms with Crippen LogP contribution in [-0.2, 0) is 0 Å². The lowest BCUT2D eigenvalue weighted by Crippen LogP contribution is -2.45. The third-order valence-corrected chi connectivity index (χ3v) is 3.66. The van der Waals surface area contributed by atoms with Gasteiger partial charge in [-0.15, -0.1) is 24.8 Å². The third-order valence-electron chi connectivity index (χ3n) is 3.41. The van der Waals surface area contributed by atoms with E-state index in [9.17, 15) is 0 Å². The summed E-state index contributed by atoms with van der Waals surface area (Å²) in [6.45, 7) is 6.76. The summed E-state index contributed by atoms with van der Waals surface area (Å²) < 4.78 is 0. The summed E-state index contributed by atoms with van der Waals surface area (Å²) in [6, 6.07) is 8.90. The van der Waals surface area contributed by atoms with Crippen LogP contribution in [0.4, 0.5) is 0 Å². The van der Waals surface area contributed by atoms with E-state index in [4.69, 9.17) is 11.6 Å². The van der Waals surface area contributed by atoms with E-state index in [2.05, 4.69) is 29.3 Å². The lowest BCUT2D eigenvalue weighted by Gasteiger charge is -2.35. The molecule has 1 aromatic rings. The van der Waals surface area contributed by atoms with Crippen LogP contribution in [0.1, 0.15) is 31.4 Å². The van der Waals surface area contributed by atoms with Gasteiger partial charge in [0.1, 0.15) is 0 Å². The smallest absolute Gasteiger partial charge is 0.0406 e. The molecule has 1 atom stereocenters. The number of halogens is 3. The summed E-state index contributed by atoms with van der Waals surface area (Å²) >= 11 is 5.96. The fraction of sp³-hybridized carbons (Fsp3) is 0.571. The number of benzene rings is 1. The van der Waals surface area contributed by atoms with Gasteiger partial charge >= 0.3 is 0 Å². The summed E-state index contributed by atoms with van der Waals surface area (Å²) in [4.78, 5) is 2.59. The van der Waals surface area contributed by atoms with Gasteiger partial charge in [-0.25, -0.2) is 0 Å². The first-order valence-corrected chi connectivity index (χ1v) is 6.89. The van der Waals surface area contributed by atoms with Crippen molar-refractivity contribution < 1.29 is 0 Å². The maximum Gasteiger partial charge on any atom is 0.0406 e. The Morgan fingerprint density at radius 3 is 2.26 bits per heavy atom. The van der Waals surface area contributed by atoms with Crippen molar-refractivity contribution in [1.82, 2.24) is 10.2 Å². The van der Waals surface area contributed by atoms with E-state index in [1.54, 1.807) is 0 Å². The molecule has 110 valence electrons. The monoisotopic (exact) mass is 324 g/mol. The summed E-state index contributed by atoms with van der Waals surface area (Å²) in [6.07, 6.45) is 2.44. The lowest BCUT2D eigenvalue weighted by molar-refractivity contribution is 0.164. The molecule has 0 aromatic heterocycles. The Kier molecular flexibility index (Phi) is 9.85. The van der Waals surface area contributed by atoms with Crippen molar-refractivity contribution in [3.05, 3.63) is 34.9 Å². The van der Waals surface area contributed by atoms with Crippen LogP contribution in [0.5, 0.6) is 0 Å². The maximum absolute atomic E-state index is 5.96. The number of rotatable bonds is 4. The van der Waals surface area contributed by atoms with Gasteiger partial charge in [-0.1, -0.05) is 37.1 Å². The molecule has 1 aliphatic rings. The van der Waals surface area contributed by atoms with Gasteiger partial charge in [-0.3, -0.25) is 4.90 Å². The Balaban J connectivity index is 0.00000162. The first-order valence-electron chi connectivity index (χ1n) is 6.51. The van der Waals surface area contributed by atoms with Crippen molar-refractivity contribution in [1.29, 1.82) is 0 Å². The zero-order valence-electron chi connectivity index (χ0n) is 11.3. The molecule has 2 rings (SSSR count). The topological polar surface area (TPSA) is 15.3 Å². The van der Waals surface area contributed by atoms with Crippen LogP contribution in [0, 0.1) is 0 Å². The van der Waals surface area contributed by atoms with Crippen LogP contribution in [0.3, 0.4) is 0 Å². The number of hydrogen-bond donors (Lipinski definition) is 1. The highest BCUT2D eigenvalue weighted by Crippen LogP contribution is 2.26.